The van der Waals surface area contributed by atoms with Gasteiger partial charge in [0.1, 0.15) is 0 Å². The lowest BCUT2D eigenvalue weighted by Gasteiger charge is -2.21. The van der Waals surface area contributed by atoms with E-state index in [2.05, 4.69) is 22.1 Å². The van der Waals surface area contributed by atoms with Crippen molar-refractivity contribution in [1.29, 1.82) is 0 Å². The number of sulfone groups is 1. The molecule has 0 atom stereocenters. The Hall–Kier alpha value is -1.56. The molecular formula is C16H27N3O2S. The molecule has 0 aliphatic rings. The predicted molar refractivity (Wildman–Crippen MR) is 92.7 cm³/mol. The van der Waals surface area contributed by atoms with Crippen LogP contribution >= 0.6 is 0 Å². The van der Waals surface area contributed by atoms with Gasteiger partial charge >= 0.3 is 0 Å². The van der Waals surface area contributed by atoms with Crippen molar-refractivity contribution >= 4 is 15.8 Å². The first kappa shape index (κ1) is 18.5. The van der Waals surface area contributed by atoms with Gasteiger partial charge in [0, 0.05) is 33.4 Å². The number of unbranched alkanes of at least 4 members (excludes halogenated alkanes) is 1. The highest BCUT2D eigenvalue weighted by Crippen LogP contribution is 2.08. The highest BCUT2D eigenvalue weighted by Gasteiger charge is 2.06. The first-order chi connectivity index (χ1) is 10.4. The van der Waals surface area contributed by atoms with E-state index in [0.29, 0.717) is 6.54 Å². The molecule has 0 unspecified atom stereocenters. The van der Waals surface area contributed by atoms with E-state index >= 15 is 0 Å². The molecule has 0 bridgehead atoms. The summed E-state index contributed by atoms with van der Waals surface area (Å²) >= 11 is 0. The second-order valence-electron chi connectivity index (χ2n) is 5.56. The van der Waals surface area contributed by atoms with Gasteiger partial charge in [0.05, 0.1) is 5.75 Å². The van der Waals surface area contributed by atoms with Crippen LogP contribution in [0.25, 0.3) is 0 Å². The summed E-state index contributed by atoms with van der Waals surface area (Å²) in [4.78, 5) is 6.39. The molecule has 1 aromatic carbocycles. The lowest BCUT2D eigenvalue weighted by molar-refractivity contribution is 0.464. The normalized spacial score (nSPS) is 12.3. The molecule has 0 fully saturated rings. The first-order valence-electron chi connectivity index (χ1n) is 7.53. The van der Waals surface area contributed by atoms with E-state index in [0.717, 1.165) is 36.5 Å². The molecular weight excluding hydrogens is 298 g/mol. The van der Waals surface area contributed by atoms with Crippen molar-refractivity contribution < 1.29 is 8.42 Å². The minimum Gasteiger partial charge on any atom is -0.352 e. The molecule has 1 N–H and O–H groups in total. The number of nitrogens with one attached hydrogen (secondary N) is 1. The van der Waals surface area contributed by atoms with Gasteiger partial charge in [-0.15, -0.1) is 0 Å². The number of rotatable bonds is 7. The van der Waals surface area contributed by atoms with Gasteiger partial charge in [-0.05, 0) is 17.5 Å². The maximum Gasteiger partial charge on any atom is 0.193 e. The van der Waals surface area contributed by atoms with Crippen LogP contribution in [0.15, 0.2) is 29.3 Å². The summed E-state index contributed by atoms with van der Waals surface area (Å²) in [6, 6.07) is 7.63. The van der Waals surface area contributed by atoms with Crippen LogP contribution in [0.4, 0.5) is 0 Å². The Labute approximate surface area is 134 Å². The van der Waals surface area contributed by atoms with Gasteiger partial charge in [0.25, 0.3) is 0 Å². The Kier molecular flexibility index (Phi) is 7.38. The molecule has 0 spiro atoms. The molecule has 1 rings (SSSR count). The van der Waals surface area contributed by atoms with Crippen molar-refractivity contribution in [1.82, 2.24) is 10.2 Å². The van der Waals surface area contributed by atoms with Gasteiger partial charge in [-0.2, -0.15) is 0 Å². The Morgan fingerprint density at radius 1 is 1.23 bits per heavy atom. The fourth-order valence-corrected chi connectivity index (χ4v) is 2.92. The van der Waals surface area contributed by atoms with Gasteiger partial charge in [0.15, 0.2) is 15.8 Å². The van der Waals surface area contributed by atoms with Gasteiger partial charge in [-0.3, -0.25) is 4.99 Å². The molecule has 0 aromatic heterocycles. The molecule has 0 saturated carbocycles. The summed E-state index contributed by atoms with van der Waals surface area (Å²) in [6.07, 6.45) is 3.54. The van der Waals surface area contributed by atoms with Crippen molar-refractivity contribution in [2.45, 2.75) is 32.1 Å². The zero-order valence-electron chi connectivity index (χ0n) is 14.0. The number of nitrogens with zero attached hydrogens (tertiary/aromatic N) is 2. The topological polar surface area (TPSA) is 61.8 Å². The van der Waals surface area contributed by atoms with Crippen LogP contribution in [-0.4, -0.2) is 46.2 Å². The van der Waals surface area contributed by atoms with Crippen LogP contribution in [-0.2, 0) is 22.1 Å². The Morgan fingerprint density at radius 3 is 2.32 bits per heavy atom. The third-order valence-electron chi connectivity index (χ3n) is 3.32. The van der Waals surface area contributed by atoms with Gasteiger partial charge in [-0.25, -0.2) is 8.42 Å². The quantitative estimate of drug-likeness (QED) is 0.615. The maximum atomic E-state index is 11.3. The molecule has 0 saturated heterocycles. The largest absolute Gasteiger partial charge is 0.352 e. The summed E-state index contributed by atoms with van der Waals surface area (Å²) in [7, 11) is 0.824. The van der Waals surface area contributed by atoms with Crippen molar-refractivity contribution in [2.75, 3.05) is 26.9 Å². The molecule has 0 amide bonds. The molecule has 124 valence electrons. The summed E-state index contributed by atoms with van der Waals surface area (Å²) in [5, 5.41) is 3.32. The van der Waals surface area contributed by atoms with Crippen LogP contribution in [0.2, 0.25) is 0 Å². The number of hydrogen-bond donors (Lipinski definition) is 1. The number of guanidine groups is 1. The summed E-state index contributed by atoms with van der Waals surface area (Å²) in [6.45, 7) is 3.81. The molecule has 1 aromatic rings. The average Bonchev–Trinajstić information content (AvgIpc) is 2.45. The second kappa shape index (κ2) is 8.78. The van der Waals surface area contributed by atoms with E-state index in [4.69, 9.17) is 0 Å². The van der Waals surface area contributed by atoms with Gasteiger partial charge in [-0.1, -0.05) is 37.6 Å². The molecule has 0 heterocycles. The molecule has 6 heteroatoms. The average molecular weight is 325 g/mol. The minimum atomic E-state index is -2.98. The standard InChI is InChI=1S/C16H27N3O2S/c1-5-6-11-19(3)16(17-2)18-12-14-7-9-15(10-8-14)13-22(4,20)21/h7-10H,5-6,11-13H2,1-4H3,(H,17,18). The molecule has 22 heavy (non-hydrogen) atoms. The zero-order valence-corrected chi connectivity index (χ0v) is 14.8. The Bertz CT molecular complexity index is 580. The van der Waals surface area contributed by atoms with E-state index in [9.17, 15) is 8.42 Å². The smallest absolute Gasteiger partial charge is 0.193 e. The maximum absolute atomic E-state index is 11.3. The summed E-state index contributed by atoms with van der Waals surface area (Å²) < 4.78 is 22.5. The van der Waals surface area contributed by atoms with Crippen LogP contribution < -0.4 is 5.32 Å². The Balaban J connectivity index is 2.56. The SMILES string of the molecule is CCCCN(C)C(=NC)NCc1ccc(CS(C)(=O)=O)cc1. The second-order valence-corrected chi connectivity index (χ2v) is 7.70. The third-order valence-corrected chi connectivity index (χ3v) is 4.18. The predicted octanol–water partition coefficient (Wildman–Crippen LogP) is 2.04. The van der Waals surface area contributed by atoms with Crippen LogP contribution in [0, 0.1) is 0 Å². The first-order valence-corrected chi connectivity index (χ1v) is 9.59. The molecule has 0 aliphatic carbocycles. The lowest BCUT2D eigenvalue weighted by Crippen LogP contribution is -2.38. The van der Waals surface area contributed by atoms with Crippen LogP contribution in [0.3, 0.4) is 0 Å². The van der Waals surface area contributed by atoms with Crippen LogP contribution in [0.5, 0.6) is 0 Å². The number of benzene rings is 1. The van der Waals surface area contributed by atoms with Gasteiger partial charge in [0.2, 0.25) is 0 Å². The monoisotopic (exact) mass is 325 g/mol. The third kappa shape index (κ3) is 6.93. The fraction of sp³-hybridized carbons (Fsp3) is 0.562. The van der Waals surface area contributed by atoms with E-state index in [1.807, 2.05) is 31.3 Å². The van der Waals surface area contributed by atoms with Gasteiger partial charge < -0.3 is 10.2 Å². The molecule has 5 nitrogen and oxygen atoms in total. The van der Waals surface area contributed by atoms with Crippen molar-refractivity contribution in [3.05, 3.63) is 35.4 Å². The zero-order chi connectivity index (χ0) is 16.6. The number of aliphatic imine (C=N–C) groups is 1. The van der Waals surface area contributed by atoms with Crippen molar-refractivity contribution in [3.63, 3.8) is 0 Å². The summed E-state index contributed by atoms with van der Waals surface area (Å²) in [5.41, 5.74) is 1.91. The highest BCUT2D eigenvalue weighted by molar-refractivity contribution is 7.89. The molecule has 0 aliphatic heterocycles. The number of hydrogen-bond acceptors (Lipinski definition) is 3. The van der Waals surface area contributed by atoms with Crippen molar-refractivity contribution in [3.8, 4) is 0 Å². The van der Waals surface area contributed by atoms with E-state index in [-0.39, 0.29) is 5.75 Å². The van der Waals surface area contributed by atoms with E-state index in [1.165, 1.54) is 6.26 Å². The van der Waals surface area contributed by atoms with Crippen molar-refractivity contribution in [2.24, 2.45) is 4.99 Å². The van der Waals surface area contributed by atoms with E-state index < -0.39 is 9.84 Å². The minimum absolute atomic E-state index is 0.0854. The summed E-state index contributed by atoms with van der Waals surface area (Å²) in [5.74, 6) is 0.955. The fourth-order valence-electron chi connectivity index (χ4n) is 2.12. The van der Waals surface area contributed by atoms with E-state index in [1.54, 1.807) is 7.05 Å². The lowest BCUT2D eigenvalue weighted by atomic mass is 10.1. The highest BCUT2D eigenvalue weighted by atomic mass is 32.2. The Morgan fingerprint density at radius 2 is 1.82 bits per heavy atom. The van der Waals surface area contributed by atoms with Crippen LogP contribution in [0.1, 0.15) is 30.9 Å². The molecule has 0 radical (unpaired) electrons.